The Kier molecular flexibility index (Phi) is 14.6. The van der Waals surface area contributed by atoms with Crippen molar-refractivity contribution in [3.05, 3.63) is 155 Å². The predicted molar refractivity (Wildman–Crippen MR) is 160 cm³/mol. The molecular formula is C29H31Au2IP2-4. The average Bonchev–Trinajstić information content (AvgIpc) is 2.82. The maximum atomic E-state index is 4.45. The molecule has 0 N–H and O–H groups in total. The van der Waals surface area contributed by atoms with Gasteiger partial charge in [-0.1, -0.05) is 36.4 Å². The molecule has 4 aromatic carbocycles. The Labute approximate surface area is 252 Å². The number of rotatable bonds is 4. The van der Waals surface area contributed by atoms with E-state index in [4.69, 9.17) is 0 Å². The molecule has 190 valence electrons. The molecule has 0 spiro atoms. The minimum Gasteiger partial charge on any atom is -0.358 e. The molecule has 0 saturated heterocycles. The van der Waals surface area contributed by atoms with Crippen molar-refractivity contribution in [1.82, 2.24) is 0 Å². The second-order valence-corrected chi connectivity index (χ2v) is 21.4. The molecule has 2 radical (unpaired) electrons. The van der Waals surface area contributed by atoms with Gasteiger partial charge in [0.05, 0.1) is 0 Å². The van der Waals surface area contributed by atoms with Crippen LogP contribution in [0, 0.1) is 34.1 Å². The number of benzene rings is 4. The number of halogens is 1. The monoisotopic (exact) mass is 962 g/mol. The van der Waals surface area contributed by atoms with Crippen molar-refractivity contribution in [3.8, 4) is 0 Å². The predicted octanol–water partition coefficient (Wildman–Crippen LogP) is 7.81. The quantitative estimate of drug-likeness (QED) is 0.0849. The van der Waals surface area contributed by atoms with Crippen LogP contribution < -0.4 is 21.2 Å². The first-order valence-corrected chi connectivity index (χ1v) is 17.5. The van der Waals surface area contributed by atoms with Gasteiger partial charge in [0, 0.05) is 55.4 Å². The third-order valence-electron chi connectivity index (χ3n) is 5.20. The Hall–Kier alpha value is -0.0495. The van der Waals surface area contributed by atoms with E-state index >= 15 is 0 Å². The summed E-state index contributed by atoms with van der Waals surface area (Å²) in [4.78, 5) is 0. The molecule has 4 aromatic rings. The van der Waals surface area contributed by atoms with Crippen LogP contribution in [0.1, 0.15) is 0 Å². The summed E-state index contributed by atoms with van der Waals surface area (Å²) >= 11 is 2.45. The summed E-state index contributed by atoms with van der Waals surface area (Å²) in [7, 11) is -1.65. The first kappa shape index (κ1) is 34.0. The van der Waals surface area contributed by atoms with Crippen LogP contribution in [0.2, 0.25) is 0 Å². The first-order chi connectivity index (χ1) is 14.7. The van der Waals surface area contributed by atoms with Crippen molar-refractivity contribution in [1.29, 1.82) is 0 Å². The summed E-state index contributed by atoms with van der Waals surface area (Å²) in [6.45, 7) is 17.5. The smallest absolute Gasteiger partial charge is 0.0408 e. The third kappa shape index (κ3) is 8.52. The second kappa shape index (κ2) is 14.6. The summed E-state index contributed by atoms with van der Waals surface area (Å²) in [5.41, 5.74) is 0. The van der Waals surface area contributed by atoms with Crippen LogP contribution >= 0.6 is 33.5 Å². The fourth-order valence-electron chi connectivity index (χ4n) is 3.26. The van der Waals surface area contributed by atoms with Crippen molar-refractivity contribution in [2.45, 2.75) is 0 Å². The van der Waals surface area contributed by atoms with E-state index in [2.05, 4.69) is 121 Å². The molecule has 0 fully saturated rings. The van der Waals surface area contributed by atoms with E-state index in [-0.39, 0.29) is 52.2 Å². The van der Waals surface area contributed by atoms with E-state index < -0.39 is 11.5 Å². The van der Waals surface area contributed by atoms with Crippen molar-refractivity contribution < 1.29 is 44.8 Å². The molecule has 0 saturated carbocycles. The minimum absolute atomic E-state index is 0. The topological polar surface area (TPSA) is 0 Å². The SMILES string of the molecule is [Au].[Au].[CH2-]P([CH2-])(I)(c1ccccc1)c1ccccc1.[CH2-][P+]([CH2-])(c1ccccc1)c1ccccc1.[CH3-]. The Morgan fingerprint density at radius 2 is 0.735 bits per heavy atom. The largest absolute Gasteiger partial charge is 0.358 e. The maximum Gasteiger partial charge on any atom is 0.0408 e. The Bertz CT molecular complexity index is 995. The summed E-state index contributed by atoms with van der Waals surface area (Å²) in [5, 5.41) is 4.97. The van der Waals surface area contributed by atoms with E-state index in [1.54, 1.807) is 0 Å². The van der Waals surface area contributed by atoms with Crippen LogP contribution in [0.25, 0.3) is 0 Å². The Morgan fingerprint density at radius 1 is 0.500 bits per heavy atom. The summed E-state index contributed by atoms with van der Waals surface area (Å²) in [6, 6.07) is 41.4. The van der Waals surface area contributed by atoms with Crippen molar-refractivity contribution in [2.75, 3.05) is 0 Å². The molecule has 0 aromatic heterocycles. The van der Waals surface area contributed by atoms with E-state index in [1.165, 1.54) is 21.2 Å². The maximum absolute atomic E-state index is 4.45. The summed E-state index contributed by atoms with van der Waals surface area (Å²) < 4.78 is -2.46. The molecule has 4 rings (SSSR count). The molecule has 5 heteroatoms. The molecule has 0 aliphatic heterocycles. The van der Waals surface area contributed by atoms with Gasteiger partial charge in [-0.15, -0.1) is 0 Å². The van der Waals surface area contributed by atoms with Gasteiger partial charge in [0.25, 0.3) is 0 Å². The Balaban J connectivity index is 0.000000590. The van der Waals surface area contributed by atoms with Gasteiger partial charge in [0.15, 0.2) is 0 Å². The summed E-state index contributed by atoms with van der Waals surface area (Å²) in [6.07, 6.45) is 0. The fraction of sp³-hybridized carbons (Fsp3) is 0. The molecule has 0 bridgehead atoms. The molecule has 0 unspecified atom stereocenters. The van der Waals surface area contributed by atoms with Crippen LogP contribution in [-0.4, -0.2) is 0 Å². The normalized spacial score (nSPS) is 11.6. The molecule has 0 aliphatic carbocycles. The van der Waals surface area contributed by atoms with E-state index in [1.807, 2.05) is 48.5 Å². The van der Waals surface area contributed by atoms with Crippen LogP contribution in [0.15, 0.2) is 121 Å². The number of hydrogen-bond acceptors (Lipinski definition) is 0. The van der Waals surface area contributed by atoms with Crippen molar-refractivity contribution in [3.63, 3.8) is 0 Å². The minimum atomic E-state index is -2.46. The van der Waals surface area contributed by atoms with Crippen molar-refractivity contribution >= 4 is 54.8 Å². The van der Waals surface area contributed by atoms with Gasteiger partial charge < -0.3 is 7.43 Å². The van der Waals surface area contributed by atoms with Crippen LogP contribution in [0.4, 0.5) is 0 Å². The third-order valence-corrected chi connectivity index (χ3v) is 14.1. The van der Waals surface area contributed by atoms with E-state index in [9.17, 15) is 0 Å². The van der Waals surface area contributed by atoms with Gasteiger partial charge >= 0.3 is 111 Å². The molecule has 0 heterocycles. The summed E-state index contributed by atoms with van der Waals surface area (Å²) in [5.74, 6) is 0. The van der Waals surface area contributed by atoms with Gasteiger partial charge in [-0.3, -0.25) is 0 Å². The molecule has 0 aliphatic rings. The number of hydrogen-bond donors (Lipinski definition) is 0. The van der Waals surface area contributed by atoms with Crippen LogP contribution in [-0.2, 0) is 44.8 Å². The zero-order valence-corrected chi connectivity index (χ0v) is 27.5. The van der Waals surface area contributed by atoms with Gasteiger partial charge in [-0.2, -0.15) is 20.6 Å². The van der Waals surface area contributed by atoms with Crippen molar-refractivity contribution in [2.24, 2.45) is 0 Å². The van der Waals surface area contributed by atoms with Crippen LogP contribution in [0.5, 0.6) is 0 Å². The fourth-order valence-corrected chi connectivity index (χ4v) is 8.99. The molecule has 0 atom stereocenters. The van der Waals surface area contributed by atoms with E-state index in [0.717, 1.165) is 0 Å². The molecule has 0 nitrogen and oxygen atoms in total. The van der Waals surface area contributed by atoms with E-state index in [0.29, 0.717) is 0 Å². The van der Waals surface area contributed by atoms with Crippen LogP contribution in [0.3, 0.4) is 0 Å². The van der Waals surface area contributed by atoms with Gasteiger partial charge in [0.1, 0.15) is 0 Å². The first-order valence-electron chi connectivity index (χ1n) is 9.97. The Morgan fingerprint density at radius 3 is 1.00 bits per heavy atom. The average molecular weight is 962 g/mol. The van der Waals surface area contributed by atoms with Gasteiger partial charge in [-0.05, 0) is 24.3 Å². The van der Waals surface area contributed by atoms with Gasteiger partial charge in [0.2, 0.25) is 0 Å². The second-order valence-electron chi connectivity index (χ2n) is 7.69. The zero-order chi connectivity index (χ0) is 22.4. The zero-order valence-electron chi connectivity index (χ0n) is 19.3. The molecule has 34 heavy (non-hydrogen) atoms. The van der Waals surface area contributed by atoms with Gasteiger partial charge in [-0.25, -0.2) is 0 Å². The standard InChI is InChI=1S/C14H14IP.C14H14P.CH3.2Au/c1-16(2,15,13-9-5-3-6-10-13)14-11-7-4-8-12-14;1-15(2,13-9-5-3-6-10-13)14-11-7-4-8-12-14;;;/h3-12H,1-2H2;3-12H,1-2H2;1H3;;/q-2;2*-1;;. The molecular weight excluding hydrogens is 931 g/mol. The molecule has 0 amide bonds.